The third-order valence-electron chi connectivity index (χ3n) is 2.73. The highest BCUT2D eigenvalue weighted by molar-refractivity contribution is 5.30. The van der Waals surface area contributed by atoms with E-state index in [0.29, 0.717) is 5.88 Å². The average Bonchev–Trinajstić information content (AvgIpc) is 2.84. The largest absolute Gasteiger partial charge is 0.481 e. The lowest BCUT2D eigenvalue weighted by atomic mass is 10.1. The van der Waals surface area contributed by atoms with Crippen molar-refractivity contribution in [3.63, 3.8) is 0 Å². The smallest absolute Gasteiger partial charge is 0.215 e. The summed E-state index contributed by atoms with van der Waals surface area (Å²) in [6.45, 7) is 2.01. The van der Waals surface area contributed by atoms with Crippen molar-refractivity contribution in [1.29, 1.82) is 0 Å². The number of pyridine rings is 1. The minimum atomic E-state index is 0.0582. The second-order valence-electron chi connectivity index (χ2n) is 4.21. The highest BCUT2D eigenvalue weighted by Gasteiger charge is 2.38. The highest BCUT2D eigenvalue weighted by atomic mass is 16.5. The fourth-order valence-electron chi connectivity index (χ4n) is 1.67. The molecule has 1 aromatic rings. The maximum atomic E-state index is 6.04. The molecule has 14 heavy (non-hydrogen) atoms. The van der Waals surface area contributed by atoms with Crippen LogP contribution >= 0.6 is 0 Å². The lowest BCUT2D eigenvalue weighted by molar-refractivity contribution is 0.394. The van der Waals surface area contributed by atoms with Gasteiger partial charge in [-0.05, 0) is 37.8 Å². The number of nitrogens with two attached hydrogens (primary N) is 1. The first kappa shape index (κ1) is 9.46. The number of methoxy groups -OCH3 is 1. The minimum absolute atomic E-state index is 0.0582. The molecule has 0 atom stereocenters. The molecule has 0 spiro atoms. The molecule has 76 valence electrons. The van der Waals surface area contributed by atoms with Crippen LogP contribution in [0.25, 0.3) is 0 Å². The van der Waals surface area contributed by atoms with Gasteiger partial charge < -0.3 is 10.5 Å². The van der Waals surface area contributed by atoms with Gasteiger partial charge in [-0.1, -0.05) is 0 Å². The van der Waals surface area contributed by atoms with Gasteiger partial charge in [0.2, 0.25) is 5.88 Å². The Morgan fingerprint density at radius 3 is 2.79 bits per heavy atom. The lowest BCUT2D eigenvalue weighted by Gasteiger charge is -2.10. The average molecular weight is 192 g/mol. The zero-order valence-corrected chi connectivity index (χ0v) is 8.71. The molecule has 1 aliphatic carbocycles. The van der Waals surface area contributed by atoms with Gasteiger partial charge in [0.05, 0.1) is 7.11 Å². The van der Waals surface area contributed by atoms with E-state index in [1.54, 1.807) is 7.11 Å². The van der Waals surface area contributed by atoms with E-state index in [9.17, 15) is 0 Å². The van der Waals surface area contributed by atoms with Crippen LogP contribution in [0.4, 0.5) is 0 Å². The van der Waals surface area contributed by atoms with E-state index in [2.05, 4.69) is 11.1 Å². The standard InChI is InChI=1S/C11H16N2O/c1-8-5-9(6-11(12)3-4-11)7-13-10(8)14-2/h5,7H,3-4,6,12H2,1-2H3. The molecule has 0 radical (unpaired) electrons. The van der Waals surface area contributed by atoms with E-state index in [-0.39, 0.29) is 5.54 Å². The number of hydrogen-bond donors (Lipinski definition) is 1. The molecule has 1 aliphatic rings. The molecule has 0 aliphatic heterocycles. The Labute approximate surface area is 84.3 Å². The lowest BCUT2D eigenvalue weighted by Crippen LogP contribution is -2.24. The van der Waals surface area contributed by atoms with Crippen LogP contribution in [0.1, 0.15) is 24.0 Å². The van der Waals surface area contributed by atoms with Gasteiger partial charge in [-0.2, -0.15) is 0 Å². The molecule has 3 nitrogen and oxygen atoms in total. The maximum Gasteiger partial charge on any atom is 0.215 e. The third-order valence-corrected chi connectivity index (χ3v) is 2.73. The third kappa shape index (κ3) is 1.87. The van der Waals surface area contributed by atoms with Crippen LogP contribution in [-0.4, -0.2) is 17.6 Å². The van der Waals surface area contributed by atoms with E-state index in [1.807, 2.05) is 13.1 Å². The van der Waals surface area contributed by atoms with Crippen LogP contribution in [0, 0.1) is 6.92 Å². The molecular weight excluding hydrogens is 176 g/mol. The van der Waals surface area contributed by atoms with Crippen molar-refractivity contribution in [2.45, 2.75) is 31.7 Å². The van der Waals surface area contributed by atoms with Crippen molar-refractivity contribution in [3.05, 3.63) is 23.4 Å². The zero-order valence-electron chi connectivity index (χ0n) is 8.71. The second-order valence-corrected chi connectivity index (χ2v) is 4.21. The quantitative estimate of drug-likeness (QED) is 0.788. The fraction of sp³-hybridized carbons (Fsp3) is 0.545. The van der Waals surface area contributed by atoms with Gasteiger partial charge in [0.15, 0.2) is 0 Å². The van der Waals surface area contributed by atoms with Gasteiger partial charge in [-0.25, -0.2) is 4.98 Å². The molecule has 0 unspecified atom stereocenters. The Morgan fingerprint density at radius 2 is 2.29 bits per heavy atom. The summed E-state index contributed by atoms with van der Waals surface area (Å²) in [4.78, 5) is 4.23. The molecule has 3 heteroatoms. The van der Waals surface area contributed by atoms with Crippen molar-refractivity contribution >= 4 is 0 Å². The molecule has 0 bridgehead atoms. The minimum Gasteiger partial charge on any atom is -0.481 e. The summed E-state index contributed by atoms with van der Waals surface area (Å²) in [5.74, 6) is 0.704. The molecule has 1 fully saturated rings. The molecule has 2 N–H and O–H groups in total. The van der Waals surface area contributed by atoms with Gasteiger partial charge in [-0.3, -0.25) is 0 Å². The molecule has 0 aromatic carbocycles. The molecule has 0 amide bonds. The first-order valence-electron chi connectivity index (χ1n) is 4.91. The summed E-state index contributed by atoms with van der Waals surface area (Å²) in [5, 5.41) is 0. The first-order valence-corrected chi connectivity index (χ1v) is 4.91. The predicted octanol–water partition coefficient (Wildman–Crippen LogP) is 1.43. The number of nitrogens with zero attached hydrogens (tertiary/aromatic N) is 1. The summed E-state index contributed by atoms with van der Waals surface area (Å²) < 4.78 is 5.10. The van der Waals surface area contributed by atoms with Gasteiger partial charge in [0.25, 0.3) is 0 Å². The summed E-state index contributed by atoms with van der Waals surface area (Å²) in [6, 6.07) is 2.11. The van der Waals surface area contributed by atoms with Crippen LogP contribution in [0.5, 0.6) is 5.88 Å². The number of hydrogen-bond acceptors (Lipinski definition) is 3. The Kier molecular flexibility index (Phi) is 2.19. The van der Waals surface area contributed by atoms with E-state index in [4.69, 9.17) is 10.5 Å². The monoisotopic (exact) mass is 192 g/mol. The van der Waals surface area contributed by atoms with Crippen molar-refractivity contribution < 1.29 is 4.74 Å². The Morgan fingerprint density at radius 1 is 1.57 bits per heavy atom. The number of aryl methyl sites for hydroxylation is 1. The van der Waals surface area contributed by atoms with Gasteiger partial charge in [0, 0.05) is 17.3 Å². The fourth-order valence-corrected chi connectivity index (χ4v) is 1.67. The summed E-state index contributed by atoms with van der Waals surface area (Å²) >= 11 is 0. The van der Waals surface area contributed by atoms with Crippen molar-refractivity contribution in [1.82, 2.24) is 4.98 Å². The van der Waals surface area contributed by atoms with Crippen molar-refractivity contribution in [2.75, 3.05) is 7.11 Å². The summed E-state index contributed by atoms with van der Waals surface area (Å²) in [6.07, 6.45) is 5.07. The van der Waals surface area contributed by atoms with Crippen LogP contribution in [0.2, 0.25) is 0 Å². The SMILES string of the molecule is COc1ncc(CC2(N)CC2)cc1C. The number of ether oxygens (including phenoxy) is 1. The summed E-state index contributed by atoms with van der Waals surface area (Å²) in [5.41, 5.74) is 8.39. The molecule has 1 heterocycles. The maximum absolute atomic E-state index is 6.04. The van der Waals surface area contributed by atoms with Gasteiger partial charge in [-0.15, -0.1) is 0 Å². The van der Waals surface area contributed by atoms with E-state index in [1.165, 1.54) is 5.56 Å². The van der Waals surface area contributed by atoms with Crippen molar-refractivity contribution in [2.24, 2.45) is 5.73 Å². The Balaban J connectivity index is 2.15. The highest BCUT2D eigenvalue weighted by Crippen LogP contribution is 2.35. The van der Waals surface area contributed by atoms with Gasteiger partial charge >= 0.3 is 0 Å². The van der Waals surface area contributed by atoms with E-state index in [0.717, 1.165) is 24.8 Å². The second kappa shape index (κ2) is 3.24. The van der Waals surface area contributed by atoms with Crippen LogP contribution in [0.15, 0.2) is 12.3 Å². The Bertz CT molecular complexity index is 345. The topological polar surface area (TPSA) is 48.1 Å². The normalized spacial score (nSPS) is 17.9. The summed E-state index contributed by atoms with van der Waals surface area (Å²) in [7, 11) is 1.64. The molecule has 1 aromatic heterocycles. The van der Waals surface area contributed by atoms with Gasteiger partial charge in [0.1, 0.15) is 0 Å². The van der Waals surface area contributed by atoms with E-state index >= 15 is 0 Å². The number of rotatable bonds is 3. The molecule has 1 saturated carbocycles. The van der Waals surface area contributed by atoms with Crippen molar-refractivity contribution in [3.8, 4) is 5.88 Å². The Hall–Kier alpha value is -1.09. The van der Waals surface area contributed by atoms with E-state index < -0.39 is 0 Å². The molecular formula is C11H16N2O. The number of aromatic nitrogens is 1. The van der Waals surface area contributed by atoms with Crippen LogP contribution in [-0.2, 0) is 6.42 Å². The van der Waals surface area contributed by atoms with Crippen LogP contribution < -0.4 is 10.5 Å². The molecule has 0 saturated heterocycles. The first-order chi connectivity index (χ1) is 6.63. The molecule has 2 rings (SSSR count). The van der Waals surface area contributed by atoms with Crippen LogP contribution in [0.3, 0.4) is 0 Å². The predicted molar refractivity (Wildman–Crippen MR) is 55.4 cm³/mol. The zero-order chi connectivity index (χ0) is 10.2.